The third-order valence-corrected chi connectivity index (χ3v) is 4.14. The number of nitrogens with zero attached hydrogens (tertiary/aromatic N) is 1. The average molecular weight is 335 g/mol. The molecule has 0 aliphatic rings. The first-order valence-corrected chi connectivity index (χ1v) is 8.39. The van der Waals surface area contributed by atoms with E-state index in [4.69, 9.17) is 5.73 Å². The van der Waals surface area contributed by atoms with Gasteiger partial charge in [-0.3, -0.25) is 4.79 Å². The Hall–Kier alpha value is -2.88. The molecule has 0 saturated carbocycles. The second-order valence-electron chi connectivity index (χ2n) is 6.10. The van der Waals surface area contributed by atoms with Gasteiger partial charge in [-0.15, -0.1) is 0 Å². The number of nitrogens with two attached hydrogens (primary N) is 1. The minimum absolute atomic E-state index is 0.421. The molecule has 0 aliphatic carbocycles. The molecule has 1 aromatic carbocycles. The fourth-order valence-electron chi connectivity index (χ4n) is 2.47. The Morgan fingerprint density at radius 1 is 1.16 bits per heavy atom. The third-order valence-electron chi connectivity index (χ3n) is 4.14. The monoisotopic (exact) mass is 335 g/mol. The number of hydrogen-bond acceptors (Lipinski definition) is 3. The molecule has 4 nitrogen and oxygen atoms in total. The molecule has 1 aromatic heterocycles. The molecule has 0 atom stereocenters. The second kappa shape index (κ2) is 8.29. The summed E-state index contributed by atoms with van der Waals surface area (Å²) in [6.45, 7) is 8.34. The van der Waals surface area contributed by atoms with Crippen LogP contribution in [-0.2, 0) is 0 Å². The van der Waals surface area contributed by atoms with E-state index in [1.807, 2.05) is 31.5 Å². The van der Waals surface area contributed by atoms with E-state index < -0.39 is 5.91 Å². The molecule has 0 aliphatic heterocycles. The van der Waals surface area contributed by atoms with E-state index in [9.17, 15) is 4.79 Å². The van der Waals surface area contributed by atoms with Crippen molar-refractivity contribution in [2.24, 2.45) is 5.73 Å². The van der Waals surface area contributed by atoms with Gasteiger partial charge in [-0.25, -0.2) is 4.98 Å². The van der Waals surface area contributed by atoms with Gasteiger partial charge in [0.2, 0.25) is 5.91 Å². The molecule has 130 valence electrons. The van der Waals surface area contributed by atoms with Crippen molar-refractivity contribution in [1.29, 1.82) is 0 Å². The van der Waals surface area contributed by atoms with Crippen molar-refractivity contribution in [3.63, 3.8) is 0 Å². The highest BCUT2D eigenvalue weighted by Gasteiger charge is 2.05. The molecule has 0 saturated heterocycles. The van der Waals surface area contributed by atoms with Gasteiger partial charge < -0.3 is 11.1 Å². The normalized spacial score (nSPS) is 12.2. The molecule has 0 radical (unpaired) electrons. The van der Waals surface area contributed by atoms with Crippen LogP contribution in [0.2, 0.25) is 0 Å². The smallest absolute Gasteiger partial charge is 0.248 e. The zero-order valence-corrected chi connectivity index (χ0v) is 15.3. The highest BCUT2D eigenvalue weighted by Crippen LogP contribution is 2.23. The summed E-state index contributed by atoms with van der Waals surface area (Å²) in [5.41, 5.74) is 11.3. The molecule has 1 heterocycles. The lowest BCUT2D eigenvalue weighted by molar-refractivity contribution is 0.100. The molecule has 25 heavy (non-hydrogen) atoms. The summed E-state index contributed by atoms with van der Waals surface area (Å²) in [6.07, 6.45) is 7.04. The zero-order valence-electron chi connectivity index (χ0n) is 15.3. The number of aromatic nitrogens is 1. The van der Waals surface area contributed by atoms with Crippen molar-refractivity contribution in [3.05, 3.63) is 71.1 Å². The Bertz CT molecular complexity index is 818. The van der Waals surface area contributed by atoms with Gasteiger partial charge in [0.05, 0.1) is 0 Å². The summed E-state index contributed by atoms with van der Waals surface area (Å²) in [5, 5.41) is 3.28. The fourth-order valence-corrected chi connectivity index (χ4v) is 2.47. The summed E-state index contributed by atoms with van der Waals surface area (Å²) < 4.78 is 0. The highest BCUT2D eigenvalue weighted by atomic mass is 16.1. The van der Waals surface area contributed by atoms with Crippen molar-refractivity contribution >= 4 is 11.7 Å². The number of amides is 1. The van der Waals surface area contributed by atoms with Crippen LogP contribution < -0.4 is 11.1 Å². The van der Waals surface area contributed by atoms with E-state index in [0.717, 1.165) is 28.9 Å². The van der Waals surface area contributed by atoms with Gasteiger partial charge in [0.1, 0.15) is 5.82 Å². The number of rotatable bonds is 6. The van der Waals surface area contributed by atoms with Gasteiger partial charge in [0.25, 0.3) is 0 Å². The molecule has 4 heteroatoms. The summed E-state index contributed by atoms with van der Waals surface area (Å²) in [6, 6.07) is 9.30. The van der Waals surface area contributed by atoms with Crippen LogP contribution >= 0.6 is 0 Å². The van der Waals surface area contributed by atoms with E-state index in [1.165, 1.54) is 11.1 Å². The number of carbonyl (C=O) groups is 1. The van der Waals surface area contributed by atoms with Gasteiger partial charge in [-0.2, -0.15) is 0 Å². The molecule has 0 bridgehead atoms. The van der Waals surface area contributed by atoms with Gasteiger partial charge in [-0.05, 0) is 62.1 Å². The number of pyridine rings is 1. The van der Waals surface area contributed by atoms with Crippen LogP contribution in [0.4, 0.5) is 5.82 Å². The van der Waals surface area contributed by atoms with E-state index in [2.05, 4.69) is 43.2 Å². The molecule has 3 N–H and O–H groups in total. The van der Waals surface area contributed by atoms with Gasteiger partial charge in [0.15, 0.2) is 0 Å². The number of carbonyl (C=O) groups excluding carboxylic acids is 1. The van der Waals surface area contributed by atoms with Gasteiger partial charge in [0, 0.05) is 23.5 Å². The van der Waals surface area contributed by atoms with E-state index >= 15 is 0 Å². The predicted molar refractivity (Wildman–Crippen MR) is 104 cm³/mol. The highest BCUT2D eigenvalue weighted by molar-refractivity contribution is 5.93. The maximum atomic E-state index is 11.2. The first-order valence-electron chi connectivity index (χ1n) is 8.39. The van der Waals surface area contributed by atoms with Crippen LogP contribution in [0.15, 0.2) is 60.0 Å². The van der Waals surface area contributed by atoms with Crippen LogP contribution in [0.25, 0.3) is 11.1 Å². The van der Waals surface area contributed by atoms with Crippen molar-refractivity contribution in [1.82, 2.24) is 4.98 Å². The van der Waals surface area contributed by atoms with Crippen LogP contribution in [0.3, 0.4) is 0 Å². The molecule has 2 aromatic rings. The SMILES string of the molecule is CC/C=C(C)/C(C)=C/Nc1ncc(-c2ccc(C(N)=O)cc2)cc1C. The van der Waals surface area contributed by atoms with Crippen LogP contribution in [0, 0.1) is 6.92 Å². The Morgan fingerprint density at radius 2 is 1.84 bits per heavy atom. The molecular formula is C21H25N3O. The Morgan fingerprint density at radius 3 is 2.40 bits per heavy atom. The van der Waals surface area contributed by atoms with Crippen molar-refractivity contribution in [2.75, 3.05) is 5.32 Å². The Kier molecular flexibility index (Phi) is 6.12. The largest absolute Gasteiger partial charge is 0.366 e. The Labute approximate surface area is 149 Å². The fraction of sp³-hybridized carbons (Fsp3) is 0.238. The predicted octanol–water partition coefficient (Wildman–Crippen LogP) is 4.83. The maximum Gasteiger partial charge on any atom is 0.248 e. The lowest BCUT2D eigenvalue weighted by Gasteiger charge is -2.09. The van der Waals surface area contributed by atoms with Crippen molar-refractivity contribution in [3.8, 4) is 11.1 Å². The maximum absolute atomic E-state index is 11.2. The van der Waals surface area contributed by atoms with Crippen molar-refractivity contribution in [2.45, 2.75) is 34.1 Å². The van der Waals surface area contributed by atoms with Gasteiger partial charge in [-0.1, -0.05) is 30.7 Å². The quantitative estimate of drug-likeness (QED) is 0.743. The summed E-state index contributed by atoms with van der Waals surface area (Å²) in [7, 11) is 0. The molecule has 0 unspecified atom stereocenters. The molecular weight excluding hydrogens is 310 g/mol. The summed E-state index contributed by atoms with van der Waals surface area (Å²) in [5.74, 6) is 0.413. The Balaban J connectivity index is 2.19. The summed E-state index contributed by atoms with van der Waals surface area (Å²) >= 11 is 0. The zero-order chi connectivity index (χ0) is 18.4. The number of nitrogens with one attached hydrogen (secondary N) is 1. The molecule has 0 spiro atoms. The topological polar surface area (TPSA) is 68.0 Å². The second-order valence-corrected chi connectivity index (χ2v) is 6.10. The lowest BCUT2D eigenvalue weighted by Crippen LogP contribution is -2.10. The molecule has 1 amide bonds. The van der Waals surface area contributed by atoms with E-state index in [-0.39, 0.29) is 0 Å². The minimum atomic E-state index is -0.421. The van der Waals surface area contributed by atoms with E-state index in [0.29, 0.717) is 5.56 Å². The number of primary amides is 1. The van der Waals surface area contributed by atoms with Gasteiger partial charge >= 0.3 is 0 Å². The first-order chi connectivity index (χ1) is 11.9. The van der Waals surface area contributed by atoms with Crippen molar-refractivity contribution < 1.29 is 4.79 Å². The van der Waals surface area contributed by atoms with E-state index in [1.54, 1.807) is 12.1 Å². The standard InChI is InChI=1S/C21H25N3O/c1-5-6-14(2)16(4)12-23-21-15(3)11-19(13-24-21)17-7-9-18(10-8-17)20(22)25/h6-13H,5H2,1-4H3,(H2,22,25)(H,23,24)/b14-6+,16-12+. The van der Waals surface area contributed by atoms with Crippen LogP contribution in [-0.4, -0.2) is 10.9 Å². The average Bonchev–Trinajstić information content (AvgIpc) is 2.60. The summed E-state index contributed by atoms with van der Waals surface area (Å²) in [4.78, 5) is 15.7. The minimum Gasteiger partial charge on any atom is -0.366 e. The lowest BCUT2D eigenvalue weighted by atomic mass is 10.0. The first kappa shape index (κ1) is 18.5. The number of benzene rings is 1. The number of anilines is 1. The number of aryl methyl sites for hydroxylation is 1. The molecule has 0 fully saturated rings. The van der Waals surface area contributed by atoms with Crippen LogP contribution in [0.5, 0.6) is 0 Å². The third kappa shape index (κ3) is 4.80. The number of hydrogen-bond donors (Lipinski definition) is 2. The molecule has 2 rings (SSSR count). The van der Waals surface area contributed by atoms with Crippen LogP contribution in [0.1, 0.15) is 43.1 Å². The number of allylic oxidation sites excluding steroid dienone is 3.